The molecule has 0 aromatic carbocycles. The summed E-state index contributed by atoms with van der Waals surface area (Å²) in [6.45, 7) is 9.72. The van der Waals surface area contributed by atoms with Crippen molar-refractivity contribution in [2.24, 2.45) is 10.8 Å². The van der Waals surface area contributed by atoms with Gasteiger partial charge in [0.05, 0.1) is 5.54 Å². The third-order valence-corrected chi connectivity index (χ3v) is 1.57. The van der Waals surface area contributed by atoms with Crippen LogP contribution in [0.2, 0.25) is 0 Å². The molecule has 2 N–H and O–H groups in total. The van der Waals surface area contributed by atoms with Crippen molar-refractivity contribution in [3.05, 3.63) is 12.3 Å². The molecule has 0 spiro atoms. The van der Waals surface area contributed by atoms with Crippen LogP contribution in [0.1, 0.15) is 27.2 Å². The van der Waals surface area contributed by atoms with Crippen LogP contribution in [0.5, 0.6) is 0 Å². The maximum absolute atomic E-state index is 5.84. The molecular weight excluding hydrogens is 150 g/mol. The predicted octanol–water partition coefficient (Wildman–Crippen LogP) is 1.56. The van der Waals surface area contributed by atoms with Crippen LogP contribution in [0.15, 0.2) is 17.4 Å². The average molecular weight is 169 g/mol. The van der Waals surface area contributed by atoms with E-state index in [2.05, 4.69) is 11.7 Å². The molecule has 0 amide bonds. The predicted molar refractivity (Wildman–Crippen MR) is 54.0 cm³/mol. The van der Waals surface area contributed by atoms with Crippen LogP contribution >= 0.6 is 0 Å². The van der Waals surface area contributed by atoms with Gasteiger partial charge in [-0.2, -0.15) is 5.10 Å². The molecule has 0 bridgehead atoms. The zero-order valence-corrected chi connectivity index (χ0v) is 8.46. The SMILES string of the molecule is C=C(N(C)/N=C\CC)C(C)(C)N. The zero-order chi connectivity index (χ0) is 9.78. The summed E-state index contributed by atoms with van der Waals surface area (Å²) in [5.41, 5.74) is 6.25. The Morgan fingerprint density at radius 1 is 1.67 bits per heavy atom. The molecule has 0 aliphatic rings. The van der Waals surface area contributed by atoms with Crippen molar-refractivity contribution >= 4 is 6.21 Å². The van der Waals surface area contributed by atoms with Gasteiger partial charge in [0.25, 0.3) is 0 Å². The van der Waals surface area contributed by atoms with Gasteiger partial charge in [-0.05, 0) is 20.3 Å². The van der Waals surface area contributed by atoms with Crippen LogP contribution in [-0.4, -0.2) is 23.8 Å². The van der Waals surface area contributed by atoms with E-state index in [9.17, 15) is 0 Å². The van der Waals surface area contributed by atoms with E-state index in [4.69, 9.17) is 5.73 Å². The lowest BCUT2D eigenvalue weighted by molar-refractivity contribution is 0.370. The monoisotopic (exact) mass is 169 g/mol. The van der Waals surface area contributed by atoms with Gasteiger partial charge in [-0.25, -0.2) is 0 Å². The molecule has 0 heterocycles. The van der Waals surface area contributed by atoms with Crippen molar-refractivity contribution in [3.8, 4) is 0 Å². The highest BCUT2D eigenvalue weighted by molar-refractivity contribution is 5.56. The third kappa shape index (κ3) is 3.53. The average Bonchev–Trinajstić information content (AvgIpc) is 1.97. The quantitative estimate of drug-likeness (QED) is 0.512. The van der Waals surface area contributed by atoms with Crippen molar-refractivity contribution in [2.75, 3.05) is 7.05 Å². The molecule has 3 nitrogen and oxygen atoms in total. The second kappa shape index (κ2) is 4.26. The van der Waals surface area contributed by atoms with E-state index >= 15 is 0 Å². The normalized spacial score (nSPS) is 12.1. The van der Waals surface area contributed by atoms with Gasteiger partial charge in [-0.1, -0.05) is 13.5 Å². The Balaban J connectivity index is 4.21. The molecule has 70 valence electrons. The first-order chi connectivity index (χ1) is 5.39. The van der Waals surface area contributed by atoms with E-state index < -0.39 is 5.54 Å². The van der Waals surface area contributed by atoms with Crippen LogP contribution in [-0.2, 0) is 0 Å². The van der Waals surface area contributed by atoms with Gasteiger partial charge in [0.2, 0.25) is 0 Å². The minimum absolute atomic E-state index is 0.403. The Hall–Kier alpha value is -0.830. The molecule has 3 heteroatoms. The molecule has 0 aromatic rings. The van der Waals surface area contributed by atoms with E-state index in [-0.39, 0.29) is 0 Å². The highest BCUT2D eigenvalue weighted by Crippen LogP contribution is 2.13. The van der Waals surface area contributed by atoms with Gasteiger partial charge in [0, 0.05) is 19.0 Å². The highest BCUT2D eigenvalue weighted by Gasteiger charge is 2.18. The van der Waals surface area contributed by atoms with Crippen molar-refractivity contribution in [1.82, 2.24) is 5.01 Å². The Morgan fingerprint density at radius 2 is 2.17 bits per heavy atom. The van der Waals surface area contributed by atoms with E-state index in [1.165, 1.54) is 0 Å². The van der Waals surface area contributed by atoms with Crippen LogP contribution in [0, 0.1) is 0 Å². The van der Waals surface area contributed by atoms with Gasteiger partial charge < -0.3 is 5.73 Å². The third-order valence-electron chi connectivity index (χ3n) is 1.57. The summed E-state index contributed by atoms with van der Waals surface area (Å²) in [5.74, 6) is 0. The summed E-state index contributed by atoms with van der Waals surface area (Å²) in [7, 11) is 1.85. The van der Waals surface area contributed by atoms with E-state index in [1.54, 1.807) is 5.01 Å². The lowest BCUT2D eigenvalue weighted by atomic mass is 10.0. The lowest BCUT2D eigenvalue weighted by Gasteiger charge is -2.27. The van der Waals surface area contributed by atoms with E-state index in [1.807, 2.05) is 34.0 Å². The Kier molecular flexibility index (Phi) is 3.96. The fourth-order valence-electron chi connectivity index (χ4n) is 0.691. The molecule has 0 aliphatic heterocycles. The summed E-state index contributed by atoms with van der Waals surface area (Å²) in [4.78, 5) is 0. The maximum Gasteiger partial charge on any atom is 0.0516 e. The van der Waals surface area contributed by atoms with Crippen molar-refractivity contribution in [2.45, 2.75) is 32.7 Å². The van der Waals surface area contributed by atoms with Crippen LogP contribution in [0.25, 0.3) is 0 Å². The van der Waals surface area contributed by atoms with Crippen molar-refractivity contribution < 1.29 is 0 Å². The lowest BCUT2D eigenvalue weighted by Crippen LogP contribution is -2.39. The Bertz CT molecular complexity index is 177. The summed E-state index contributed by atoms with van der Waals surface area (Å²) in [5, 5.41) is 5.85. The second-order valence-corrected chi connectivity index (χ2v) is 3.40. The van der Waals surface area contributed by atoms with Gasteiger partial charge in [0.1, 0.15) is 0 Å². The fraction of sp³-hybridized carbons (Fsp3) is 0.667. The standard InChI is InChI=1S/C9H19N3/c1-6-7-11-12(5)8(2)9(3,4)10/h7H,2,6,10H2,1,3-5H3/b11-7-. The first-order valence-electron chi connectivity index (χ1n) is 4.14. The number of hydrogen-bond acceptors (Lipinski definition) is 3. The van der Waals surface area contributed by atoms with E-state index in [0.717, 1.165) is 12.1 Å². The molecular formula is C9H19N3. The number of likely N-dealkylation sites (N-methyl/N-ethyl adjacent to an activating group) is 1. The van der Waals surface area contributed by atoms with Gasteiger partial charge in [-0.15, -0.1) is 0 Å². The first kappa shape index (κ1) is 11.2. The fourth-order valence-corrected chi connectivity index (χ4v) is 0.691. The molecule has 0 aliphatic carbocycles. The van der Waals surface area contributed by atoms with Crippen LogP contribution in [0.4, 0.5) is 0 Å². The summed E-state index contributed by atoms with van der Waals surface area (Å²) in [6.07, 6.45) is 2.75. The molecule has 0 saturated carbocycles. The van der Waals surface area contributed by atoms with Crippen LogP contribution in [0.3, 0.4) is 0 Å². The molecule has 12 heavy (non-hydrogen) atoms. The Morgan fingerprint density at radius 3 is 2.50 bits per heavy atom. The topological polar surface area (TPSA) is 41.6 Å². The first-order valence-corrected chi connectivity index (χ1v) is 4.14. The molecule has 0 aromatic heterocycles. The second-order valence-electron chi connectivity index (χ2n) is 3.40. The van der Waals surface area contributed by atoms with Crippen molar-refractivity contribution in [1.29, 1.82) is 0 Å². The number of hydrazone groups is 1. The van der Waals surface area contributed by atoms with Gasteiger partial charge >= 0.3 is 0 Å². The molecule has 0 unspecified atom stereocenters. The molecule has 0 saturated heterocycles. The smallest absolute Gasteiger partial charge is 0.0516 e. The largest absolute Gasteiger partial charge is 0.321 e. The highest BCUT2D eigenvalue weighted by atomic mass is 15.4. The van der Waals surface area contributed by atoms with Crippen molar-refractivity contribution in [3.63, 3.8) is 0 Å². The molecule has 0 atom stereocenters. The summed E-state index contributed by atoms with van der Waals surface area (Å²) in [6, 6.07) is 0. The summed E-state index contributed by atoms with van der Waals surface area (Å²) < 4.78 is 0. The van der Waals surface area contributed by atoms with Gasteiger partial charge in [0.15, 0.2) is 0 Å². The van der Waals surface area contributed by atoms with Crippen LogP contribution < -0.4 is 5.73 Å². The zero-order valence-electron chi connectivity index (χ0n) is 8.46. The molecule has 0 rings (SSSR count). The number of nitrogens with zero attached hydrogens (tertiary/aromatic N) is 2. The number of nitrogens with two attached hydrogens (primary N) is 1. The van der Waals surface area contributed by atoms with E-state index in [0.29, 0.717) is 0 Å². The number of rotatable bonds is 4. The minimum Gasteiger partial charge on any atom is -0.321 e. The Labute approximate surface area is 74.9 Å². The van der Waals surface area contributed by atoms with Gasteiger partial charge in [-0.3, -0.25) is 5.01 Å². The number of hydrogen-bond donors (Lipinski definition) is 1. The summed E-state index contributed by atoms with van der Waals surface area (Å²) >= 11 is 0. The molecule has 0 radical (unpaired) electrons. The molecule has 0 fully saturated rings. The maximum atomic E-state index is 5.84. The minimum atomic E-state index is -0.403.